The Balaban J connectivity index is 0.692. The first-order valence-corrected chi connectivity index (χ1v) is 23.7. The van der Waals surface area contributed by atoms with Crippen LogP contribution in [0.15, 0.2) is 73.1 Å². The second kappa shape index (κ2) is 20.9. The van der Waals surface area contributed by atoms with E-state index in [-0.39, 0.29) is 41.4 Å². The number of nitrogens with one attached hydrogen (secondary N) is 4. The van der Waals surface area contributed by atoms with Crippen molar-refractivity contribution in [2.45, 2.75) is 63.8 Å². The minimum Gasteiger partial charge on any atom is -0.494 e. The zero-order valence-corrected chi connectivity index (χ0v) is 39.4. The molecular formula is C50H56N12O8. The van der Waals surface area contributed by atoms with E-state index >= 15 is 0 Å². The van der Waals surface area contributed by atoms with Gasteiger partial charge in [-0.15, -0.1) is 10.2 Å². The number of para-hydroxylation sites is 1. The predicted octanol–water partition coefficient (Wildman–Crippen LogP) is 5.31. The van der Waals surface area contributed by atoms with Gasteiger partial charge in [0.2, 0.25) is 17.7 Å². The number of anilines is 4. The largest absolute Gasteiger partial charge is 0.494 e. The van der Waals surface area contributed by atoms with Crippen molar-refractivity contribution < 1.29 is 38.2 Å². The fourth-order valence-electron chi connectivity index (χ4n) is 9.76. The highest BCUT2D eigenvalue weighted by atomic mass is 16.5. The summed E-state index contributed by atoms with van der Waals surface area (Å²) in [4.78, 5) is 86.4. The zero-order valence-electron chi connectivity index (χ0n) is 39.4. The van der Waals surface area contributed by atoms with Crippen LogP contribution in [0.1, 0.15) is 89.0 Å². The van der Waals surface area contributed by atoms with E-state index in [9.17, 15) is 28.8 Å². The molecule has 3 fully saturated rings. The minimum absolute atomic E-state index is 0.0497. The zero-order chi connectivity index (χ0) is 48.9. The van der Waals surface area contributed by atoms with E-state index in [1.54, 1.807) is 43.4 Å². The van der Waals surface area contributed by atoms with Crippen LogP contribution in [0, 0.1) is 11.8 Å². The van der Waals surface area contributed by atoms with E-state index in [2.05, 4.69) is 51.3 Å². The Labute approximate surface area is 404 Å². The van der Waals surface area contributed by atoms with Crippen LogP contribution in [-0.4, -0.2) is 123 Å². The number of hydrogen-bond acceptors (Lipinski definition) is 15. The molecule has 0 bridgehead atoms. The number of likely N-dealkylation sites (tertiary alicyclic amines) is 1. The van der Waals surface area contributed by atoms with Crippen LogP contribution in [0.4, 0.5) is 22.9 Å². The lowest BCUT2D eigenvalue weighted by molar-refractivity contribution is -0.136. The predicted molar refractivity (Wildman–Crippen MR) is 258 cm³/mol. The third kappa shape index (κ3) is 10.5. The molecule has 5 aromatic rings. The number of ether oxygens (including phenoxy) is 2. The standard InChI is InChI=1S/C50H56N12O8/c1-51-48(66)44-39(53-38-6-4-5-36(45(38)69-3)46-52-29-59(2)58-46)28-41(56-57-44)54-43(64)21-24-60-22-17-30(18-23-60)7-8-31-19-25-61(26-20-31)32-9-11-33(12-10-32)70-34-13-14-35-37(27-34)50(68)62(49(35)67)40-15-16-42(63)55-47(40)65/h4-6,9-14,27-31,40H,7-8,15-26H2,1-3H3,(H,51,66)(H,55,63,65)(H2,53,54,56,64). The molecule has 70 heavy (non-hydrogen) atoms. The highest BCUT2D eigenvalue weighted by Crippen LogP contribution is 2.38. The summed E-state index contributed by atoms with van der Waals surface area (Å²) in [6, 6.07) is 18.6. The number of piperidine rings is 3. The molecule has 0 aliphatic carbocycles. The van der Waals surface area contributed by atoms with Crippen molar-refractivity contribution in [3.05, 3.63) is 89.9 Å². The summed E-state index contributed by atoms with van der Waals surface area (Å²) in [5.41, 5.74) is 3.08. The number of methoxy groups -OCH3 is 1. The topological polar surface area (TPSA) is 235 Å². The van der Waals surface area contributed by atoms with Gasteiger partial charge in [-0.05, 0) is 112 Å². The van der Waals surface area contributed by atoms with Gasteiger partial charge in [0, 0.05) is 58.3 Å². The van der Waals surface area contributed by atoms with Crippen LogP contribution >= 0.6 is 0 Å². The van der Waals surface area contributed by atoms with Gasteiger partial charge in [0.25, 0.3) is 17.7 Å². The second-order valence-electron chi connectivity index (χ2n) is 18.2. The number of benzene rings is 3. The van der Waals surface area contributed by atoms with Crippen LogP contribution in [0.5, 0.6) is 17.2 Å². The summed E-state index contributed by atoms with van der Waals surface area (Å²) in [6.07, 6.45) is 8.95. The van der Waals surface area contributed by atoms with E-state index < -0.39 is 35.6 Å². The Morgan fingerprint density at radius 2 is 1.51 bits per heavy atom. The maximum atomic E-state index is 13.3. The molecule has 4 aliphatic rings. The Kier molecular flexibility index (Phi) is 14.1. The monoisotopic (exact) mass is 952 g/mol. The first-order valence-electron chi connectivity index (χ1n) is 23.7. The molecule has 0 spiro atoms. The van der Waals surface area contributed by atoms with Crippen LogP contribution in [0.3, 0.4) is 0 Å². The first-order chi connectivity index (χ1) is 33.9. The number of carbonyl (C=O) groups excluding carboxylic acids is 6. The Hall–Kier alpha value is -7.74. The molecule has 6 heterocycles. The van der Waals surface area contributed by atoms with Gasteiger partial charge in [-0.2, -0.15) is 5.10 Å². The van der Waals surface area contributed by atoms with Gasteiger partial charge in [0.1, 0.15) is 23.9 Å². The van der Waals surface area contributed by atoms with Crippen molar-refractivity contribution >= 4 is 58.3 Å². The molecule has 20 nitrogen and oxygen atoms in total. The highest BCUT2D eigenvalue weighted by molar-refractivity contribution is 6.23. The van der Waals surface area contributed by atoms with E-state index in [0.29, 0.717) is 64.8 Å². The Morgan fingerprint density at radius 3 is 2.20 bits per heavy atom. The fraction of sp³-hybridized carbons (Fsp3) is 0.400. The number of nitrogens with zero attached hydrogens (tertiary/aromatic N) is 8. The summed E-state index contributed by atoms with van der Waals surface area (Å²) in [6.45, 7) is 4.49. The molecule has 20 heteroatoms. The fourth-order valence-corrected chi connectivity index (χ4v) is 9.76. The molecule has 6 amide bonds. The molecule has 4 aliphatic heterocycles. The molecule has 4 N–H and O–H groups in total. The maximum Gasteiger partial charge on any atom is 0.273 e. The van der Waals surface area contributed by atoms with E-state index in [0.717, 1.165) is 62.4 Å². The van der Waals surface area contributed by atoms with Gasteiger partial charge in [0.15, 0.2) is 23.1 Å². The molecule has 2 aromatic heterocycles. The third-order valence-corrected chi connectivity index (χ3v) is 13.6. The van der Waals surface area contributed by atoms with Crippen molar-refractivity contribution in [1.29, 1.82) is 0 Å². The molecule has 364 valence electrons. The first kappa shape index (κ1) is 47.3. The summed E-state index contributed by atoms with van der Waals surface area (Å²) < 4.78 is 13.4. The number of aryl methyl sites for hydroxylation is 1. The van der Waals surface area contributed by atoms with Crippen LogP contribution in [-0.2, 0) is 21.4 Å². The van der Waals surface area contributed by atoms with Crippen LogP contribution < -0.4 is 35.6 Å². The molecule has 3 saturated heterocycles. The van der Waals surface area contributed by atoms with Gasteiger partial charge in [-0.1, -0.05) is 18.9 Å². The van der Waals surface area contributed by atoms with E-state index in [1.807, 2.05) is 36.4 Å². The van der Waals surface area contributed by atoms with E-state index in [4.69, 9.17) is 9.47 Å². The van der Waals surface area contributed by atoms with Gasteiger partial charge >= 0.3 is 0 Å². The number of rotatable bonds is 16. The number of hydrogen-bond donors (Lipinski definition) is 4. The number of fused-ring (bicyclic) bond motifs is 1. The van der Waals surface area contributed by atoms with Gasteiger partial charge in [0.05, 0.1) is 35.2 Å². The average Bonchev–Trinajstić information content (AvgIpc) is 3.91. The SMILES string of the molecule is CNC(=O)c1nnc(NC(=O)CCN2CCC(CCC3CCN(c4ccc(Oc5ccc6c(c5)C(=O)N(C5CCC(=O)NC5=O)C6=O)cc4)CC3)CC2)cc1Nc1cccc(-c2ncn(C)n2)c1OC. The summed E-state index contributed by atoms with van der Waals surface area (Å²) in [5.74, 6) is 0.675. The lowest BCUT2D eigenvalue weighted by atomic mass is 9.85. The molecule has 9 rings (SSSR count). The van der Waals surface area contributed by atoms with Crippen molar-refractivity contribution in [3.8, 4) is 28.6 Å². The number of amides is 6. The second-order valence-corrected chi connectivity index (χ2v) is 18.2. The molecule has 3 aromatic carbocycles. The lowest BCUT2D eigenvalue weighted by Crippen LogP contribution is -2.54. The minimum atomic E-state index is -1.02. The molecule has 1 unspecified atom stereocenters. The smallest absolute Gasteiger partial charge is 0.273 e. The van der Waals surface area contributed by atoms with Crippen LogP contribution in [0.25, 0.3) is 11.4 Å². The number of imide groups is 2. The number of aromatic nitrogens is 5. The van der Waals surface area contributed by atoms with Gasteiger partial charge < -0.3 is 35.2 Å². The van der Waals surface area contributed by atoms with Crippen LogP contribution in [0.2, 0.25) is 0 Å². The Bertz CT molecular complexity index is 2800. The summed E-state index contributed by atoms with van der Waals surface area (Å²) in [5, 5.41) is 23.6. The van der Waals surface area contributed by atoms with Crippen molar-refractivity contribution in [2.24, 2.45) is 18.9 Å². The molecule has 0 saturated carbocycles. The van der Waals surface area contributed by atoms with Gasteiger partial charge in [-0.25, -0.2) is 4.98 Å². The van der Waals surface area contributed by atoms with Gasteiger partial charge in [-0.3, -0.25) is 43.7 Å². The molecule has 0 radical (unpaired) electrons. The molecule has 1 atom stereocenters. The van der Waals surface area contributed by atoms with Crippen molar-refractivity contribution in [2.75, 3.05) is 62.4 Å². The van der Waals surface area contributed by atoms with Crippen molar-refractivity contribution in [1.82, 2.24) is 45.4 Å². The molecular weight excluding hydrogens is 897 g/mol. The average molecular weight is 953 g/mol. The van der Waals surface area contributed by atoms with E-state index in [1.165, 1.54) is 32.0 Å². The lowest BCUT2D eigenvalue weighted by Gasteiger charge is -2.35. The maximum absolute atomic E-state index is 13.3. The quantitative estimate of drug-likeness (QED) is 0.0917. The number of carbonyl (C=O) groups is 6. The highest BCUT2D eigenvalue weighted by Gasteiger charge is 2.45. The summed E-state index contributed by atoms with van der Waals surface area (Å²) in [7, 11) is 4.83. The summed E-state index contributed by atoms with van der Waals surface area (Å²) >= 11 is 0. The van der Waals surface area contributed by atoms with Crippen molar-refractivity contribution in [3.63, 3.8) is 0 Å². The Morgan fingerprint density at radius 1 is 0.800 bits per heavy atom. The third-order valence-electron chi connectivity index (χ3n) is 13.6. The normalized spacial score (nSPS) is 17.8.